The molecule has 1 aromatic carbocycles. The Hall–Kier alpha value is -2.49. The van der Waals surface area contributed by atoms with E-state index >= 15 is 0 Å². The second-order valence-electron chi connectivity index (χ2n) is 9.27. The highest BCUT2D eigenvalue weighted by atomic mass is 16.4. The molecule has 29 heavy (non-hydrogen) atoms. The number of nitrogens with zero attached hydrogens (tertiary/aromatic N) is 1. The van der Waals surface area contributed by atoms with Crippen molar-refractivity contribution in [2.45, 2.75) is 57.3 Å². The summed E-state index contributed by atoms with van der Waals surface area (Å²) >= 11 is 0. The minimum absolute atomic E-state index is 0.145. The lowest BCUT2D eigenvalue weighted by Crippen LogP contribution is -2.42. The Morgan fingerprint density at radius 3 is 2.79 bits per heavy atom. The van der Waals surface area contributed by atoms with E-state index in [4.69, 9.17) is 0 Å². The number of benzene rings is 1. The lowest BCUT2D eigenvalue weighted by molar-refractivity contribution is 0.0349. The molecule has 2 saturated carbocycles. The van der Waals surface area contributed by atoms with Crippen LogP contribution in [0.25, 0.3) is 0 Å². The molecule has 3 aliphatic rings. The van der Waals surface area contributed by atoms with E-state index in [-0.39, 0.29) is 11.2 Å². The first-order chi connectivity index (χ1) is 14.1. The summed E-state index contributed by atoms with van der Waals surface area (Å²) in [5.41, 5.74) is 3.88. The number of carbonyl (C=O) groups excluding carboxylic acids is 1. The zero-order valence-electron chi connectivity index (χ0n) is 16.6. The summed E-state index contributed by atoms with van der Waals surface area (Å²) in [5, 5.41) is 9.32. The van der Waals surface area contributed by atoms with Crippen molar-refractivity contribution in [1.82, 2.24) is 4.98 Å². The van der Waals surface area contributed by atoms with Crippen LogP contribution in [0.3, 0.4) is 0 Å². The molecule has 1 aromatic heterocycles. The van der Waals surface area contributed by atoms with Gasteiger partial charge in [0.2, 0.25) is 0 Å². The molecule has 2 fully saturated rings. The Kier molecular flexibility index (Phi) is 4.53. The molecule has 0 bridgehead atoms. The molecule has 0 unspecified atom stereocenters. The maximum atomic E-state index is 13.0. The molecule has 1 heterocycles. The third-order valence-corrected chi connectivity index (χ3v) is 8.00. The Labute approximate surface area is 171 Å². The smallest absolute Gasteiger partial charge is 0.335 e. The molecule has 0 aliphatic heterocycles. The number of pyridine rings is 1. The van der Waals surface area contributed by atoms with Crippen LogP contribution in [0.15, 0.2) is 42.7 Å². The molecule has 4 heteroatoms. The van der Waals surface area contributed by atoms with Gasteiger partial charge in [-0.25, -0.2) is 4.79 Å². The van der Waals surface area contributed by atoms with E-state index in [2.05, 4.69) is 11.1 Å². The predicted molar refractivity (Wildman–Crippen MR) is 110 cm³/mol. The van der Waals surface area contributed by atoms with Gasteiger partial charge in [-0.2, -0.15) is 0 Å². The fourth-order valence-corrected chi connectivity index (χ4v) is 6.77. The minimum Gasteiger partial charge on any atom is -0.478 e. The molecular weight excluding hydrogens is 362 g/mol. The van der Waals surface area contributed by atoms with Gasteiger partial charge in [0.25, 0.3) is 0 Å². The molecule has 3 aliphatic carbocycles. The molecule has 2 aromatic rings. The molecule has 4 nitrogen and oxygen atoms in total. The molecule has 0 saturated heterocycles. The highest BCUT2D eigenvalue weighted by Gasteiger charge is 2.53. The number of aromatic carboxylic acids is 1. The average molecular weight is 389 g/mol. The van der Waals surface area contributed by atoms with E-state index < -0.39 is 5.97 Å². The number of carboxylic acid groups (broad SMARTS) is 1. The van der Waals surface area contributed by atoms with Gasteiger partial charge in [0.1, 0.15) is 0 Å². The van der Waals surface area contributed by atoms with Gasteiger partial charge in [0.15, 0.2) is 5.78 Å². The van der Waals surface area contributed by atoms with Crippen LogP contribution in [0.5, 0.6) is 0 Å². The minimum atomic E-state index is -0.845. The van der Waals surface area contributed by atoms with Gasteiger partial charge in [0, 0.05) is 24.4 Å². The van der Waals surface area contributed by atoms with Crippen molar-refractivity contribution >= 4 is 11.8 Å². The summed E-state index contributed by atoms with van der Waals surface area (Å²) in [7, 11) is 0. The van der Waals surface area contributed by atoms with Crippen LogP contribution in [0.4, 0.5) is 0 Å². The Balaban J connectivity index is 1.41. The third-order valence-electron chi connectivity index (χ3n) is 8.00. The lowest BCUT2D eigenvalue weighted by Gasteiger charge is -2.50. The fraction of sp³-hybridized carbons (Fsp3) is 0.480. The highest BCUT2D eigenvalue weighted by Crippen LogP contribution is 2.62. The van der Waals surface area contributed by atoms with E-state index in [1.165, 1.54) is 24.0 Å². The van der Waals surface area contributed by atoms with Crippen molar-refractivity contribution in [3.8, 4) is 0 Å². The monoisotopic (exact) mass is 389 g/mol. The molecule has 4 atom stereocenters. The average Bonchev–Trinajstić information content (AvgIpc) is 3.17. The largest absolute Gasteiger partial charge is 0.478 e. The summed E-state index contributed by atoms with van der Waals surface area (Å²) in [6, 6.07) is 9.45. The van der Waals surface area contributed by atoms with Gasteiger partial charge in [-0.1, -0.05) is 12.5 Å². The van der Waals surface area contributed by atoms with E-state index in [1.54, 1.807) is 18.5 Å². The first-order valence-corrected chi connectivity index (χ1v) is 10.9. The van der Waals surface area contributed by atoms with Crippen molar-refractivity contribution in [3.63, 3.8) is 0 Å². The maximum absolute atomic E-state index is 13.0. The van der Waals surface area contributed by atoms with E-state index in [0.29, 0.717) is 29.7 Å². The summed E-state index contributed by atoms with van der Waals surface area (Å²) in [6.07, 6.45) is 12.0. The number of carboxylic acids is 1. The van der Waals surface area contributed by atoms with Gasteiger partial charge in [0.05, 0.1) is 5.56 Å². The quantitative estimate of drug-likeness (QED) is 0.723. The molecule has 0 amide bonds. The van der Waals surface area contributed by atoms with Crippen LogP contribution >= 0.6 is 0 Å². The Bertz CT molecular complexity index is 954. The number of fused-ring (bicyclic) bond motifs is 5. The number of rotatable bonds is 4. The van der Waals surface area contributed by atoms with Crippen LogP contribution < -0.4 is 0 Å². The first kappa shape index (κ1) is 18.5. The second kappa shape index (κ2) is 7.08. The van der Waals surface area contributed by atoms with Crippen LogP contribution in [0.2, 0.25) is 0 Å². The normalized spacial score (nSPS) is 30.1. The summed E-state index contributed by atoms with van der Waals surface area (Å²) in [5.74, 6) is 1.14. The number of carbonyl (C=O) groups is 2. The Morgan fingerprint density at radius 2 is 2.00 bits per heavy atom. The second-order valence-corrected chi connectivity index (χ2v) is 9.27. The lowest BCUT2D eigenvalue weighted by atomic mass is 9.54. The number of hydrogen-bond acceptors (Lipinski definition) is 3. The van der Waals surface area contributed by atoms with Crippen molar-refractivity contribution in [3.05, 3.63) is 65.0 Å². The van der Waals surface area contributed by atoms with Crippen molar-refractivity contribution in [2.75, 3.05) is 0 Å². The van der Waals surface area contributed by atoms with Gasteiger partial charge >= 0.3 is 5.97 Å². The van der Waals surface area contributed by atoms with Crippen LogP contribution in [0, 0.1) is 17.3 Å². The summed E-state index contributed by atoms with van der Waals surface area (Å²) in [4.78, 5) is 28.5. The Morgan fingerprint density at radius 1 is 1.10 bits per heavy atom. The van der Waals surface area contributed by atoms with Gasteiger partial charge in [-0.15, -0.1) is 0 Å². The number of hydrogen-bond donors (Lipinski definition) is 1. The number of Topliss-reactive ketones (excluding diaryl/α,β-unsaturated/α-hetero) is 1. The van der Waals surface area contributed by atoms with Crippen molar-refractivity contribution in [1.29, 1.82) is 0 Å². The van der Waals surface area contributed by atoms with Gasteiger partial charge < -0.3 is 5.11 Å². The summed E-state index contributed by atoms with van der Waals surface area (Å²) < 4.78 is 0. The van der Waals surface area contributed by atoms with E-state index in [1.807, 2.05) is 18.2 Å². The number of aryl methyl sites for hydroxylation is 1. The van der Waals surface area contributed by atoms with Gasteiger partial charge in [-0.3, -0.25) is 9.78 Å². The van der Waals surface area contributed by atoms with Crippen molar-refractivity contribution in [2.24, 2.45) is 17.3 Å². The van der Waals surface area contributed by atoms with Crippen LogP contribution in [-0.4, -0.2) is 21.8 Å². The van der Waals surface area contributed by atoms with Crippen LogP contribution in [-0.2, 0) is 6.42 Å². The SMILES string of the molecule is O=C(O)c1ccc2c(c1)CC[C@@H]1[C@@H]2CC[C@]2(CC(=O)c3cccnc3)CCC[C@@H]12. The predicted octanol–water partition coefficient (Wildman–Crippen LogP) is 5.28. The fourth-order valence-electron chi connectivity index (χ4n) is 6.77. The van der Waals surface area contributed by atoms with E-state index in [9.17, 15) is 14.7 Å². The molecule has 0 radical (unpaired) electrons. The molecular formula is C25H27NO3. The molecule has 1 N–H and O–H groups in total. The van der Waals surface area contributed by atoms with E-state index in [0.717, 1.165) is 37.7 Å². The van der Waals surface area contributed by atoms with Crippen LogP contribution in [0.1, 0.15) is 82.7 Å². The molecule has 150 valence electrons. The third kappa shape index (κ3) is 3.09. The highest BCUT2D eigenvalue weighted by molar-refractivity contribution is 5.96. The topological polar surface area (TPSA) is 67.3 Å². The number of aromatic nitrogens is 1. The van der Waals surface area contributed by atoms with Gasteiger partial charge in [-0.05, 0) is 97.1 Å². The molecule has 5 rings (SSSR count). The summed E-state index contributed by atoms with van der Waals surface area (Å²) in [6.45, 7) is 0. The number of ketones is 1. The zero-order valence-corrected chi connectivity index (χ0v) is 16.6. The molecule has 0 spiro atoms. The first-order valence-electron chi connectivity index (χ1n) is 10.9. The maximum Gasteiger partial charge on any atom is 0.335 e. The standard InChI is InChI=1S/C25H27NO3/c27-23(18-3-2-12-26-15-18)14-25-10-1-4-22(25)21-8-5-16-13-17(24(28)29)6-7-19(16)20(21)9-11-25/h2-3,6-7,12-13,15,20-22H,1,4-5,8-11,14H2,(H,28,29)/t20-,21-,22+,25+/m1/s1. The van der Waals surface area contributed by atoms with Crippen molar-refractivity contribution < 1.29 is 14.7 Å². The zero-order chi connectivity index (χ0) is 20.0.